The Hall–Kier alpha value is -1.16. The molecule has 1 aromatic heterocycles. The predicted molar refractivity (Wildman–Crippen MR) is 84.4 cm³/mol. The summed E-state index contributed by atoms with van der Waals surface area (Å²) in [6.07, 6.45) is 4.75. The smallest absolute Gasteiger partial charge is 0.225 e. The maximum atomic E-state index is 4.72. The van der Waals surface area contributed by atoms with Crippen LogP contribution in [0.4, 0.5) is 5.95 Å². The second kappa shape index (κ2) is 7.02. The van der Waals surface area contributed by atoms with Crippen molar-refractivity contribution in [2.75, 3.05) is 24.5 Å². The molecule has 0 aromatic carbocycles. The van der Waals surface area contributed by atoms with Crippen molar-refractivity contribution in [3.8, 4) is 0 Å². The third-order valence-electron chi connectivity index (χ3n) is 3.95. The highest BCUT2D eigenvalue weighted by atomic mass is 15.3. The fraction of sp³-hybridized carbons (Fsp3) is 0.750. The average Bonchev–Trinajstić information content (AvgIpc) is 2.90. The van der Waals surface area contributed by atoms with Crippen LogP contribution in [0.5, 0.6) is 0 Å². The highest BCUT2D eigenvalue weighted by molar-refractivity contribution is 5.37. The predicted octanol–water partition coefficient (Wildman–Crippen LogP) is 2.62. The van der Waals surface area contributed by atoms with Crippen molar-refractivity contribution in [2.24, 2.45) is 0 Å². The SMILES string of the molecule is Cc1nc(N2CCCC2)nc(C)c1CCCNC(C)C. The molecule has 0 saturated carbocycles. The van der Waals surface area contributed by atoms with E-state index in [0.717, 1.165) is 49.8 Å². The zero-order valence-electron chi connectivity index (χ0n) is 13.4. The van der Waals surface area contributed by atoms with Gasteiger partial charge in [-0.2, -0.15) is 0 Å². The van der Waals surface area contributed by atoms with Crippen molar-refractivity contribution >= 4 is 5.95 Å². The van der Waals surface area contributed by atoms with E-state index in [-0.39, 0.29) is 0 Å². The molecular formula is C16H28N4. The quantitative estimate of drug-likeness (QED) is 0.811. The summed E-state index contributed by atoms with van der Waals surface area (Å²) in [5, 5.41) is 3.46. The van der Waals surface area contributed by atoms with Gasteiger partial charge in [0.05, 0.1) is 0 Å². The molecule has 1 aromatic rings. The van der Waals surface area contributed by atoms with Gasteiger partial charge in [0.25, 0.3) is 0 Å². The molecule has 4 heteroatoms. The van der Waals surface area contributed by atoms with E-state index >= 15 is 0 Å². The molecule has 0 amide bonds. The summed E-state index contributed by atoms with van der Waals surface area (Å²) in [7, 11) is 0. The Morgan fingerprint density at radius 2 is 1.70 bits per heavy atom. The molecule has 1 saturated heterocycles. The summed E-state index contributed by atoms with van der Waals surface area (Å²) in [6.45, 7) is 11.9. The van der Waals surface area contributed by atoms with E-state index in [9.17, 15) is 0 Å². The molecule has 1 fully saturated rings. The molecule has 0 unspecified atom stereocenters. The second-order valence-electron chi connectivity index (χ2n) is 6.08. The van der Waals surface area contributed by atoms with Crippen LogP contribution in [0.3, 0.4) is 0 Å². The Bertz CT molecular complexity index is 413. The van der Waals surface area contributed by atoms with E-state index in [0.29, 0.717) is 6.04 Å². The monoisotopic (exact) mass is 276 g/mol. The summed E-state index contributed by atoms with van der Waals surface area (Å²) in [5.41, 5.74) is 3.64. The Morgan fingerprint density at radius 1 is 1.10 bits per heavy atom. The van der Waals surface area contributed by atoms with Crippen molar-refractivity contribution < 1.29 is 0 Å². The standard InChI is InChI=1S/C16H28N4/c1-12(2)17-9-7-8-15-13(3)18-16(19-14(15)4)20-10-5-6-11-20/h12,17H,5-11H2,1-4H3. The summed E-state index contributed by atoms with van der Waals surface area (Å²) in [4.78, 5) is 11.8. The van der Waals surface area contributed by atoms with Gasteiger partial charge in [-0.25, -0.2) is 9.97 Å². The molecule has 2 rings (SSSR count). The Balaban J connectivity index is 1.99. The molecule has 112 valence electrons. The molecule has 1 aliphatic rings. The first-order valence-corrected chi connectivity index (χ1v) is 7.90. The van der Waals surface area contributed by atoms with Crippen molar-refractivity contribution in [3.05, 3.63) is 17.0 Å². The molecule has 0 aliphatic carbocycles. The van der Waals surface area contributed by atoms with Gasteiger partial charge in [0.15, 0.2) is 0 Å². The zero-order chi connectivity index (χ0) is 14.5. The lowest BCUT2D eigenvalue weighted by atomic mass is 10.1. The molecule has 0 bridgehead atoms. The number of rotatable bonds is 6. The van der Waals surface area contributed by atoms with Gasteiger partial charge in [-0.3, -0.25) is 0 Å². The molecule has 2 heterocycles. The number of aromatic nitrogens is 2. The number of hydrogen-bond acceptors (Lipinski definition) is 4. The summed E-state index contributed by atoms with van der Waals surface area (Å²) < 4.78 is 0. The molecule has 1 aliphatic heterocycles. The lowest BCUT2D eigenvalue weighted by molar-refractivity contribution is 0.569. The first-order valence-electron chi connectivity index (χ1n) is 7.90. The molecule has 0 atom stereocenters. The van der Waals surface area contributed by atoms with Crippen molar-refractivity contribution in [3.63, 3.8) is 0 Å². The van der Waals surface area contributed by atoms with Crippen molar-refractivity contribution in [1.82, 2.24) is 15.3 Å². The molecule has 20 heavy (non-hydrogen) atoms. The van der Waals surface area contributed by atoms with E-state index in [1.165, 1.54) is 18.4 Å². The van der Waals surface area contributed by atoms with Gasteiger partial charge in [-0.1, -0.05) is 13.8 Å². The van der Waals surface area contributed by atoms with Crippen LogP contribution in [-0.4, -0.2) is 35.6 Å². The largest absolute Gasteiger partial charge is 0.341 e. The van der Waals surface area contributed by atoms with E-state index in [4.69, 9.17) is 9.97 Å². The minimum absolute atomic E-state index is 0.561. The lowest BCUT2D eigenvalue weighted by Gasteiger charge is -2.18. The molecule has 0 spiro atoms. The minimum Gasteiger partial charge on any atom is -0.341 e. The fourth-order valence-corrected chi connectivity index (χ4v) is 2.80. The molecule has 0 radical (unpaired) electrons. The minimum atomic E-state index is 0.561. The van der Waals surface area contributed by atoms with E-state index in [1.807, 2.05) is 0 Å². The van der Waals surface area contributed by atoms with Crippen LogP contribution in [0, 0.1) is 13.8 Å². The summed E-state index contributed by atoms with van der Waals surface area (Å²) in [5.74, 6) is 0.932. The van der Waals surface area contributed by atoms with Crippen LogP contribution in [0.2, 0.25) is 0 Å². The van der Waals surface area contributed by atoms with Gasteiger partial charge < -0.3 is 10.2 Å². The van der Waals surface area contributed by atoms with Crippen LogP contribution >= 0.6 is 0 Å². The van der Waals surface area contributed by atoms with E-state index < -0.39 is 0 Å². The fourth-order valence-electron chi connectivity index (χ4n) is 2.80. The number of hydrogen-bond donors (Lipinski definition) is 1. The maximum Gasteiger partial charge on any atom is 0.225 e. The van der Waals surface area contributed by atoms with Gasteiger partial charge in [-0.15, -0.1) is 0 Å². The molecule has 4 nitrogen and oxygen atoms in total. The topological polar surface area (TPSA) is 41.1 Å². The van der Waals surface area contributed by atoms with Gasteiger partial charge in [0.1, 0.15) is 0 Å². The van der Waals surface area contributed by atoms with Crippen molar-refractivity contribution in [1.29, 1.82) is 0 Å². The lowest BCUT2D eigenvalue weighted by Crippen LogP contribution is -2.24. The first-order chi connectivity index (χ1) is 9.58. The summed E-state index contributed by atoms with van der Waals surface area (Å²) >= 11 is 0. The van der Waals surface area contributed by atoms with Gasteiger partial charge in [0.2, 0.25) is 5.95 Å². The van der Waals surface area contributed by atoms with Crippen LogP contribution in [0.25, 0.3) is 0 Å². The summed E-state index contributed by atoms with van der Waals surface area (Å²) in [6, 6.07) is 0.561. The normalized spacial score (nSPS) is 15.3. The number of nitrogens with one attached hydrogen (secondary N) is 1. The van der Waals surface area contributed by atoms with Crippen LogP contribution in [0.1, 0.15) is 50.1 Å². The Kier molecular flexibility index (Phi) is 5.35. The number of anilines is 1. The third-order valence-corrected chi connectivity index (χ3v) is 3.95. The van der Waals surface area contributed by atoms with Crippen LogP contribution in [-0.2, 0) is 6.42 Å². The zero-order valence-corrected chi connectivity index (χ0v) is 13.4. The number of nitrogens with zero attached hydrogens (tertiary/aromatic N) is 3. The maximum absolute atomic E-state index is 4.72. The van der Waals surface area contributed by atoms with Gasteiger partial charge >= 0.3 is 0 Å². The highest BCUT2D eigenvalue weighted by Crippen LogP contribution is 2.20. The second-order valence-corrected chi connectivity index (χ2v) is 6.08. The van der Waals surface area contributed by atoms with Gasteiger partial charge in [0, 0.05) is 30.5 Å². The third kappa shape index (κ3) is 3.92. The molecule has 1 N–H and O–H groups in total. The van der Waals surface area contributed by atoms with E-state index in [2.05, 4.69) is 37.9 Å². The van der Waals surface area contributed by atoms with Crippen LogP contribution < -0.4 is 10.2 Å². The Morgan fingerprint density at radius 3 is 2.25 bits per heavy atom. The first kappa shape index (κ1) is 15.2. The van der Waals surface area contributed by atoms with E-state index in [1.54, 1.807) is 0 Å². The van der Waals surface area contributed by atoms with Crippen molar-refractivity contribution in [2.45, 2.75) is 59.4 Å². The van der Waals surface area contributed by atoms with Gasteiger partial charge in [-0.05, 0) is 51.6 Å². The molecular weight excluding hydrogens is 248 g/mol. The highest BCUT2D eigenvalue weighted by Gasteiger charge is 2.17. The Labute approximate surface area is 123 Å². The number of aryl methyl sites for hydroxylation is 2. The van der Waals surface area contributed by atoms with Crippen LogP contribution in [0.15, 0.2) is 0 Å². The average molecular weight is 276 g/mol.